The number of aryl methyl sites for hydroxylation is 1. The third kappa shape index (κ3) is 1.92. The van der Waals surface area contributed by atoms with Gasteiger partial charge in [0.05, 0.1) is 5.69 Å². The van der Waals surface area contributed by atoms with Crippen LogP contribution in [0.2, 0.25) is 0 Å². The second kappa shape index (κ2) is 5.08. The number of unbranched alkanes of at least 4 members (excludes halogenated alkanes) is 1. The van der Waals surface area contributed by atoms with E-state index < -0.39 is 0 Å². The maximum Gasteiger partial charge on any atom is 0.277 e. The van der Waals surface area contributed by atoms with Gasteiger partial charge in [0.2, 0.25) is 0 Å². The van der Waals surface area contributed by atoms with E-state index in [1.807, 2.05) is 12.1 Å². The standard InChI is InChI=1S/C13H18N4O/c1-3-4-8-17-12-9(6-5-7-16-12)11(15-2)10(14)13(17)18/h5-7,15H,3-4,8,14H2,1-2H3. The molecule has 0 aliphatic heterocycles. The summed E-state index contributed by atoms with van der Waals surface area (Å²) in [4.78, 5) is 16.5. The van der Waals surface area contributed by atoms with Crippen molar-refractivity contribution in [2.75, 3.05) is 18.1 Å². The van der Waals surface area contributed by atoms with Crippen LogP contribution in [-0.4, -0.2) is 16.6 Å². The quantitative estimate of drug-likeness (QED) is 0.863. The minimum absolute atomic E-state index is 0.168. The Morgan fingerprint density at radius 3 is 2.94 bits per heavy atom. The van der Waals surface area contributed by atoms with Gasteiger partial charge in [0, 0.05) is 25.2 Å². The fourth-order valence-corrected chi connectivity index (χ4v) is 2.09. The second-order valence-corrected chi connectivity index (χ2v) is 4.22. The Kier molecular flexibility index (Phi) is 3.50. The van der Waals surface area contributed by atoms with E-state index in [4.69, 9.17) is 5.73 Å². The van der Waals surface area contributed by atoms with Crippen LogP contribution < -0.4 is 16.6 Å². The van der Waals surface area contributed by atoms with Crippen LogP contribution in [0, 0.1) is 0 Å². The van der Waals surface area contributed by atoms with Crippen molar-refractivity contribution in [3.8, 4) is 0 Å². The molecule has 5 heteroatoms. The zero-order chi connectivity index (χ0) is 13.1. The zero-order valence-electron chi connectivity index (χ0n) is 10.7. The van der Waals surface area contributed by atoms with Gasteiger partial charge in [0.1, 0.15) is 11.3 Å². The van der Waals surface area contributed by atoms with Crippen LogP contribution >= 0.6 is 0 Å². The van der Waals surface area contributed by atoms with Crippen molar-refractivity contribution in [1.29, 1.82) is 0 Å². The number of hydrogen-bond donors (Lipinski definition) is 2. The maximum absolute atomic E-state index is 12.2. The first-order chi connectivity index (χ1) is 8.70. The number of nitrogens with two attached hydrogens (primary N) is 1. The van der Waals surface area contributed by atoms with Gasteiger partial charge in [-0.05, 0) is 18.6 Å². The van der Waals surface area contributed by atoms with Crippen LogP contribution in [0.15, 0.2) is 23.1 Å². The molecule has 2 aromatic rings. The number of nitrogen functional groups attached to an aromatic ring is 1. The Balaban J connectivity index is 2.77. The highest BCUT2D eigenvalue weighted by Crippen LogP contribution is 2.24. The molecule has 0 amide bonds. The van der Waals surface area contributed by atoms with Gasteiger partial charge >= 0.3 is 0 Å². The van der Waals surface area contributed by atoms with Crippen LogP contribution in [-0.2, 0) is 6.54 Å². The van der Waals surface area contributed by atoms with Gasteiger partial charge in [0.25, 0.3) is 5.56 Å². The summed E-state index contributed by atoms with van der Waals surface area (Å²) in [6.45, 7) is 2.74. The Morgan fingerprint density at radius 2 is 2.28 bits per heavy atom. The van der Waals surface area contributed by atoms with Crippen LogP contribution in [0.5, 0.6) is 0 Å². The van der Waals surface area contributed by atoms with E-state index in [0.717, 1.165) is 18.2 Å². The van der Waals surface area contributed by atoms with Crippen LogP contribution in [0.25, 0.3) is 11.0 Å². The van der Waals surface area contributed by atoms with Crippen LogP contribution in [0.4, 0.5) is 11.4 Å². The first-order valence-electron chi connectivity index (χ1n) is 6.15. The molecule has 2 rings (SSSR count). The van der Waals surface area contributed by atoms with E-state index in [0.29, 0.717) is 17.9 Å². The predicted octanol–water partition coefficient (Wildman–Crippen LogP) is 1.82. The molecule has 0 bridgehead atoms. The molecule has 3 N–H and O–H groups in total. The SMILES string of the molecule is CCCCn1c(=O)c(N)c(NC)c2cccnc21. The summed E-state index contributed by atoms with van der Waals surface area (Å²) in [6, 6.07) is 3.77. The second-order valence-electron chi connectivity index (χ2n) is 4.22. The highest BCUT2D eigenvalue weighted by Gasteiger charge is 2.13. The summed E-state index contributed by atoms with van der Waals surface area (Å²) in [5, 5.41) is 3.87. The van der Waals surface area contributed by atoms with E-state index in [1.165, 1.54) is 0 Å². The number of fused-ring (bicyclic) bond motifs is 1. The number of nitrogens with zero attached hydrogens (tertiary/aromatic N) is 2. The predicted molar refractivity (Wildman–Crippen MR) is 74.9 cm³/mol. The number of nitrogens with one attached hydrogen (secondary N) is 1. The normalized spacial score (nSPS) is 10.8. The van der Waals surface area contributed by atoms with Gasteiger partial charge in [-0.25, -0.2) is 4.98 Å². The molecule has 2 heterocycles. The van der Waals surface area contributed by atoms with Crippen molar-refractivity contribution in [3.05, 3.63) is 28.7 Å². The molecule has 96 valence electrons. The lowest BCUT2D eigenvalue weighted by molar-refractivity contribution is 0.629. The first-order valence-corrected chi connectivity index (χ1v) is 6.15. The lowest BCUT2D eigenvalue weighted by Gasteiger charge is -2.14. The fourth-order valence-electron chi connectivity index (χ4n) is 2.09. The number of hydrogen-bond acceptors (Lipinski definition) is 4. The third-order valence-electron chi connectivity index (χ3n) is 3.04. The molecule has 0 unspecified atom stereocenters. The van der Waals surface area contributed by atoms with E-state index >= 15 is 0 Å². The molecular weight excluding hydrogens is 228 g/mol. The van der Waals surface area contributed by atoms with E-state index in [-0.39, 0.29) is 11.2 Å². The van der Waals surface area contributed by atoms with E-state index in [1.54, 1.807) is 17.8 Å². The summed E-state index contributed by atoms with van der Waals surface area (Å²) < 4.78 is 1.66. The Labute approximate surface area is 106 Å². The monoisotopic (exact) mass is 246 g/mol. The molecule has 0 radical (unpaired) electrons. The number of anilines is 2. The maximum atomic E-state index is 12.2. The Bertz CT molecular complexity index is 618. The molecule has 0 aliphatic carbocycles. The summed E-state index contributed by atoms with van der Waals surface area (Å²) in [5.74, 6) is 0. The average molecular weight is 246 g/mol. The van der Waals surface area contributed by atoms with Gasteiger partial charge in [0.15, 0.2) is 0 Å². The molecule has 0 fully saturated rings. The molecule has 0 aromatic carbocycles. The van der Waals surface area contributed by atoms with Crippen molar-refractivity contribution in [3.63, 3.8) is 0 Å². The van der Waals surface area contributed by atoms with Crippen molar-refractivity contribution < 1.29 is 0 Å². The molecule has 0 saturated heterocycles. The zero-order valence-corrected chi connectivity index (χ0v) is 10.7. The molecule has 0 spiro atoms. The highest BCUT2D eigenvalue weighted by molar-refractivity contribution is 5.95. The average Bonchev–Trinajstić information content (AvgIpc) is 2.40. The Hall–Kier alpha value is -2.04. The van der Waals surface area contributed by atoms with Crippen molar-refractivity contribution in [2.24, 2.45) is 0 Å². The van der Waals surface area contributed by atoms with Gasteiger partial charge in [-0.15, -0.1) is 0 Å². The van der Waals surface area contributed by atoms with Gasteiger partial charge in [-0.3, -0.25) is 9.36 Å². The minimum Gasteiger partial charge on any atom is -0.393 e. The van der Waals surface area contributed by atoms with Crippen molar-refractivity contribution in [1.82, 2.24) is 9.55 Å². The van der Waals surface area contributed by atoms with Crippen molar-refractivity contribution in [2.45, 2.75) is 26.3 Å². The van der Waals surface area contributed by atoms with E-state index in [9.17, 15) is 4.79 Å². The van der Waals surface area contributed by atoms with Gasteiger partial charge in [-0.1, -0.05) is 13.3 Å². The largest absolute Gasteiger partial charge is 0.393 e. The number of rotatable bonds is 4. The highest BCUT2D eigenvalue weighted by atomic mass is 16.1. The molecule has 0 saturated carbocycles. The minimum atomic E-state index is -0.168. The fraction of sp³-hybridized carbons (Fsp3) is 0.385. The van der Waals surface area contributed by atoms with Crippen LogP contribution in [0.1, 0.15) is 19.8 Å². The van der Waals surface area contributed by atoms with Gasteiger partial charge < -0.3 is 11.1 Å². The molecule has 0 aliphatic rings. The van der Waals surface area contributed by atoms with Crippen LogP contribution in [0.3, 0.4) is 0 Å². The summed E-state index contributed by atoms with van der Waals surface area (Å²) >= 11 is 0. The molecular formula is C13H18N4O. The summed E-state index contributed by atoms with van der Waals surface area (Å²) in [7, 11) is 1.76. The number of aromatic nitrogens is 2. The van der Waals surface area contributed by atoms with Crippen molar-refractivity contribution >= 4 is 22.4 Å². The molecule has 5 nitrogen and oxygen atoms in total. The molecule has 18 heavy (non-hydrogen) atoms. The lowest BCUT2D eigenvalue weighted by atomic mass is 10.2. The molecule has 0 atom stereocenters. The van der Waals surface area contributed by atoms with Gasteiger partial charge in [-0.2, -0.15) is 0 Å². The Morgan fingerprint density at radius 1 is 1.50 bits per heavy atom. The number of pyridine rings is 2. The lowest BCUT2D eigenvalue weighted by Crippen LogP contribution is -2.25. The summed E-state index contributed by atoms with van der Waals surface area (Å²) in [5.41, 5.74) is 7.35. The smallest absolute Gasteiger partial charge is 0.277 e. The van der Waals surface area contributed by atoms with E-state index in [2.05, 4.69) is 17.2 Å². The topological polar surface area (TPSA) is 72.9 Å². The molecule has 2 aromatic heterocycles. The summed E-state index contributed by atoms with van der Waals surface area (Å²) in [6.07, 6.45) is 3.65. The first kappa shape index (κ1) is 12.4. The third-order valence-corrected chi connectivity index (χ3v) is 3.04.